The first-order valence-corrected chi connectivity index (χ1v) is 9.54. The molecule has 140 valence electrons. The van der Waals surface area contributed by atoms with Gasteiger partial charge < -0.3 is 10.1 Å². The number of rotatable bonds is 5. The van der Waals surface area contributed by atoms with E-state index in [4.69, 9.17) is 4.74 Å². The minimum Gasteiger partial charge on any atom is -0.491 e. The van der Waals surface area contributed by atoms with Gasteiger partial charge >= 0.3 is 0 Å². The number of ether oxygens (including phenoxy) is 1. The van der Waals surface area contributed by atoms with E-state index in [0.717, 1.165) is 36.8 Å². The standard InChI is InChI=1S/C23H26N2O2/c1-16(2)27-20-9-10-21(18(14-20)15-24)25-22(26)23(11-4-5-12-23)19-8-6-7-17(3)13-19/h6-10,13-14,16H,4-5,11-12H2,1-3H3,(H,25,26). The molecule has 1 aliphatic rings. The van der Waals surface area contributed by atoms with Gasteiger partial charge in [-0.2, -0.15) is 5.26 Å². The van der Waals surface area contributed by atoms with Gasteiger partial charge in [0.15, 0.2) is 0 Å². The van der Waals surface area contributed by atoms with E-state index in [0.29, 0.717) is 17.0 Å². The lowest BCUT2D eigenvalue weighted by Gasteiger charge is -2.29. The van der Waals surface area contributed by atoms with E-state index in [2.05, 4.69) is 17.5 Å². The van der Waals surface area contributed by atoms with Crippen molar-refractivity contribution >= 4 is 11.6 Å². The maximum Gasteiger partial charge on any atom is 0.235 e. The zero-order valence-corrected chi connectivity index (χ0v) is 16.2. The van der Waals surface area contributed by atoms with Gasteiger partial charge in [0.1, 0.15) is 11.8 Å². The molecule has 0 bridgehead atoms. The second-order valence-corrected chi connectivity index (χ2v) is 7.60. The molecule has 0 unspecified atom stereocenters. The lowest BCUT2D eigenvalue weighted by Crippen LogP contribution is -2.38. The second-order valence-electron chi connectivity index (χ2n) is 7.60. The molecule has 27 heavy (non-hydrogen) atoms. The molecule has 0 spiro atoms. The van der Waals surface area contributed by atoms with Crippen LogP contribution in [0.2, 0.25) is 0 Å². The highest BCUT2D eigenvalue weighted by atomic mass is 16.5. The zero-order valence-electron chi connectivity index (χ0n) is 16.2. The molecule has 2 aromatic carbocycles. The molecule has 0 saturated heterocycles. The van der Waals surface area contributed by atoms with Crippen molar-refractivity contribution in [1.29, 1.82) is 5.26 Å². The molecule has 1 amide bonds. The SMILES string of the molecule is Cc1cccc(C2(C(=O)Nc3ccc(OC(C)C)cc3C#N)CCCC2)c1. The summed E-state index contributed by atoms with van der Waals surface area (Å²) in [5.41, 5.74) is 2.65. The fourth-order valence-electron chi connectivity index (χ4n) is 3.88. The highest BCUT2D eigenvalue weighted by molar-refractivity contribution is 6.00. The lowest BCUT2D eigenvalue weighted by atomic mass is 9.77. The van der Waals surface area contributed by atoms with E-state index in [1.807, 2.05) is 39.0 Å². The quantitative estimate of drug-likeness (QED) is 0.804. The monoisotopic (exact) mass is 362 g/mol. The minimum absolute atomic E-state index is 0.0278. The number of nitrogens with zero attached hydrogens (tertiary/aromatic N) is 1. The highest BCUT2D eigenvalue weighted by Gasteiger charge is 2.42. The van der Waals surface area contributed by atoms with Crippen LogP contribution in [0.3, 0.4) is 0 Å². The average Bonchev–Trinajstić information content (AvgIpc) is 3.13. The van der Waals surface area contributed by atoms with Crippen LogP contribution in [0.25, 0.3) is 0 Å². The predicted octanol–water partition coefficient (Wildman–Crippen LogP) is 5.10. The van der Waals surface area contributed by atoms with Crippen LogP contribution in [0.1, 0.15) is 56.2 Å². The summed E-state index contributed by atoms with van der Waals surface area (Å²) in [4.78, 5) is 13.3. The van der Waals surface area contributed by atoms with Crippen molar-refractivity contribution in [1.82, 2.24) is 0 Å². The lowest BCUT2D eigenvalue weighted by molar-refractivity contribution is -0.121. The van der Waals surface area contributed by atoms with Crippen LogP contribution in [0.15, 0.2) is 42.5 Å². The van der Waals surface area contributed by atoms with E-state index in [1.54, 1.807) is 18.2 Å². The summed E-state index contributed by atoms with van der Waals surface area (Å²) in [7, 11) is 0. The molecule has 1 N–H and O–H groups in total. The molecular formula is C23H26N2O2. The van der Waals surface area contributed by atoms with E-state index in [9.17, 15) is 10.1 Å². The van der Waals surface area contributed by atoms with Crippen LogP contribution in [0.4, 0.5) is 5.69 Å². The Kier molecular flexibility index (Phi) is 5.51. The number of hydrogen-bond donors (Lipinski definition) is 1. The summed E-state index contributed by atoms with van der Waals surface area (Å²) in [6.45, 7) is 5.92. The largest absolute Gasteiger partial charge is 0.491 e. The number of benzene rings is 2. The number of nitriles is 1. The van der Waals surface area contributed by atoms with Crippen LogP contribution in [-0.4, -0.2) is 12.0 Å². The van der Waals surface area contributed by atoms with Crippen LogP contribution in [0, 0.1) is 18.3 Å². The molecule has 1 aliphatic carbocycles. The van der Waals surface area contributed by atoms with Crippen molar-refractivity contribution < 1.29 is 9.53 Å². The average molecular weight is 362 g/mol. The Hall–Kier alpha value is -2.80. The number of carbonyl (C=O) groups is 1. The Labute approximate surface area is 161 Å². The molecule has 1 saturated carbocycles. The molecule has 0 radical (unpaired) electrons. The third-order valence-corrected chi connectivity index (χ3v) is 5.19. The normalized spacial score (nSPS) is 15.4. The van der Waals surface area contributed by atoms with E-state index < -0.39 is 5.41 Å². The number of carbonyl (C=O) groups excluding carboxylic acids is 1. The fraction of sp³-hybridized carbons (Fsp3) is 0.391. The maximum absolute atomic E-state index is 13.3. The number of nitrogens with one attached hydrogen (secondary N) is 1. The molecule has 0 heterocycles. The van der Waals surface area contributed by atoms with E-state index >= 15 is 0 Å². The van der Waals surface area contributed by atoms with Gasteiger partial charge in [0.25, 0.3) is 0 Å². The summed E-state index contributed by atoms with van der Waals surface area (Å²) < 4.78 is 5.65. The molecule has 3 rings (SSSR count). The second kappa shape index (κ2) is 7.84. The zero-order chi connectivity index (χ0) is 19.4. The maximum atomic E-state index is 13.3. The molecule has 4 heteroatoms. The van der Waals surface area contributed by atoms with Crippen molar-refractivity contribution in [3.63, 3.8) is 0 Å². The molecule has 4 nitrogen and oxygen atoms in total. The number of amides is 1. The van der Waals surface area contributed by atoms with Gasteiger partial charge in [-0.05, 0) is 51.3 Å². The van der Waals surface area contributed by atoms with Gasteiger partial charge in [-0.3, -0.25) is 4.79 Å². The summed E-state index contributed by atoms with van der Waals surface area (Å²) in [6, 6.07) is 15.6. The van der Waals surface area contributed by atoms with Crippen molar-refractivity contribution in [2.45, 2.75) is 58.0 Å². The van der Waals surface area contributed by atoms with Gasteiger partial charge in [0.2, 0.25) is 5.91 Å². The molecule has 0 atom stereocenters. The molecule has 2 aromatic rings. The van der Waals surface area contributed by atoms with Crippen molar-refractivity contribution in [2.24, 2.45) is 0 Å². The summed E-state index contributed by atoms with van der Waals surface area (Å²) in [6.07, 6.45) is 3.76. The highest BCUT2D eigenvalue weighted by Crippen LogP contribution is 2.42. The Morgan fingerprint density at radius 2 is 1.93 bits per heavy atom. The van der Waals surface area contributed by atoms with Crippen LogP contribution < -0.4 is 10.1 Å². The number of anilines is 1. The summed E-state index contributed by atoms with van der Waals surface area (Å²) in [5, 5.41) is 12.5. The fourth-order valence-corrected chi connectivity index (χ4v) is 3.88. The third kappa shape index (κ3) is 3.98. The van der Waals surface area contributed by atoms with Crippen molar-refractivity contribution in [3.8, 4) is 11.8 Å². The number of hydrogen-bond acceptors (Lipinski definition) is 3. The van der Waals surface area contributed by atoms with Crippen molar-refractivity contribution in [2.75, 3.05) is 5.32 Å². The van der Waals surface area contributed by atoms with Crippen molar-refractivity contribution in [3.05, 3.63) is 59.2 Å². The molecule has 0 aromatic heterocycles. The van der Waals surface area contributed by atoms with Gasteiger partial charge in [0.05, 0.1) is 22.8 Å². The van der Waals surface area contributed by atoms with Gasteiger partial charge in [-0.25, -0.2) is 0 Å². The smallest absolute Gasteiger partial charge is 0.235 e. The first-order chi connectivity index (χ1) is 12.9. The molecule has 1 fully saturated rings. The predicted molar refractivity (Wildman–Crippen MR) is 107 cm³/mol. The first-order valence-electron chi connectivity index (χ1n) is 9.54. The van der Waals surface area contributed by atoms with Gasteiger partial charge in [0, 0.05) is 6.07 Å². The van der Waals surface area contributed by atoms with Crippen LogP contribution in [0.5, 0.6) is 5.75 Å². The summed E-state index contributed by atoms with van der Waals surface area (Å²) >= 11 is 0. The minimum atomic E-state index is -0.522. The summed E-state index contributed by atoms with van der Waals surface area (Å²) in [5.74, 6) is 0.605. The third-order valence-electron chi connectivity index (χ3n) is 5.19. The van der Waals surface area contributed by atoms with Gasteiger partial charge in [-0.15, -0.1) is 0 Å². The first kappa shape index (κ1) is 19.0. The van der Waals surface area contributed by atoms with E-state index in [-0.39, 0.29) is 12.0 Å². The van der Waals surface area contributed by atoms with E-state index in [1.165, 1.54) is 0 Å². The topological polar surface area (TPSA) is 62.1 Å². The molecule has 0 aliphatic heterocycles. The molecular weight excluding hydrogens is 336 g/mol. The van der Waals surface area contributed by atoms with Crippen LogP contribution in [-0.2, 0) is 10.2 Å². The Bertz CT molecular complexity index is 874. The Balaban J connectivity index is 1.90. The van der Waals surface area contributed by atoms with Gasteiger partial charge in [-0.1, -0.05) is 42.7 Å². The van der Waals surface area contributed by atoms with Crippen LogP contribution >= 0.6 is 0 Å². The Morgan fingerprint density at radius 3 is 2.56 bits per heavy atom. The number of aryl methyl sites for hydroxylation is 1. The Morgan fingerprint density at radius 1 is 1.19 bits per heavy atom.